The second-order valence-electron chi connectivity index (χ2n) is 5.01. The van der Waals surface area contributed by atoms with Gasteiger partial charge in [0.05, 0.1) is 12.0 Å². The summed E-state index contributed by atoms with van der Waals surface area (Å²) in [5.41, 5.74) is 2.46. The van der Waals surface area contributed by atoms with Crippen molar-refractivity contribution in [2.45, 2.75) is 31.8 Å². The van der Waals surface area contributed by atoms with Crippen molar-refractivity contribution in [2.75, 3.05) is 0 Å². The number of aromatic nitrogens is 1. The van der Waals surface area contributed by atoms with E-state index in [4.69, 9.17) is 5.26 Å². The Morgan fingerprint density at radius 3 is 3.11 bits per heavy atom. The molecule has 3 heteroatoms. The number of fused-ring (bicyclic) bond motifs is 1. The van der Waals surface area contributed by atoms with E-state index < -0.39 is 0 Å². The number of para-hydroxylation sites is 1. The molecule has 1 aromatic heterocycles. The van der Waals surface area contributed by atoms with Crippen molar-refractivity contribution in [1.29, 1.82) is 5.26 Å². The highest BCUT2D eigenvalue weighted by Crippen LogP contribution is 2.25. The summed E-state index contributed by atoms with van der Waals surface area (Å²) in [6.07, 6.45) is 5.40. The highest BCUT2D eigenvalue weighted by Gasteiger charge is 2.26. The van der Waals surface area contributed by atoms with Crippen LogP contribution < -0.4 is 5.32 Å². The van der Waals surface area contributed by atoms with E-state index in [2.05, 4.69) is 40.8 Å². The van der Waals surface area contributed by atoms with Crippen LogP contribution in [0.25, 0.3) is 10.9 Å². The molecule has 1 aliphatic carbocycles. The first-order valence-electron chi connectivity index (χ1n) is 6.56. The van der Waals surface area contributed by atoms with Crippen molar-refractivity contribution in [2.24, 2.45) is 5.92 Å². The summed E-state index contributed by atoms with van der Waals surface area (Å²) in [4.78, 5) is 3.28. The number of hydrogen-bond acceptors (Lipinski definition) is 2. The quantitative estimate of drug-likeness (QED) is 0.865. The Morgan fingerprint density at radius 2 is 2.22 bits per heavy atom. The van der Waals surface area contributed by atoms with Crippen LogP contribution in [0.1, 0.15) is 24.8 Å². The van der Waals surface area contributed by atoms with Crippen molar-refractivity contribution in [1.82, 2.24) is 10.3 Å². The van der Waals surface area contributed by atoms with Gasteiger partial charge in [-0.3, -0.25) is 0 Å². The van der Waals surface area contributed by atoms with E-state index in [-0.39, 0.29) is 5.92 Å². The van der Waals surface area contributed by atoms with Gasteiger partial charge in [0, 0.05) is 29.7 Å². The van der Waals surface area contributed by atoms with Gasteiger partial charge in [0.2, 0.25) is 0 Å². The Labute approximate surface area is 107 Å². The van der Waals surface area contributed by atoms with Gasteiger partial charge in [-0.2, -0.15) is 5.26 Å². The zero-order valence-electron chi connectivity index (χ0n) is 10.3. The maximum Gasteiger partial charge on any atom is 0.0672 e. The predicted octanol–water partition coefficient (Wildman–Crippen LogP) is 2.95. The number of hydrogen-bond donors (Lipinski definition) is 2. The summed E-state index contributed by atoms with van der Waals surface area (Å²) in [6, 6.07) is 11.1. The number of aromatic amines is 1. The van der Waals surface area contributed by atoms with Gasteiger partial charge in [-0.1, -0.05) is 24.6 Å². The third-order valence-corrected chi connectivity index (χ3v) is 3.91. The molecule has 0 amide bonds. The van der Waals surface area contributed by atoms with E-state index in [0.29, 0.717) is 6.04 Å². The van der Waals surface area contributed by atoms with Gasteiger partial charge in [-0.25, -0.2) is 0 Å². The molecule has 3 nitrogen and oxygen atoms in total. The predicted molar refractivity (Wildman–Crippen MR) is 71.9 cm³/mol. The third-order valence-electron chi connectivity index (χ3n) is 3.91. The van der Waals surface area contributed by atoms with Gasteiger partial charge >= 0.3 is 0 Å². The Balaban J connectivity index is 1.72. The van der Waals surface area contributed by atoms with Crippen LogP contribution in [0.2, 0.25) is 0 Å². The summed E-state index contributed by atoms with van der Waals surface area (Å²) in [5, 5.41) is 13.9. The maximum atomic E-state index is 9.07. The van der Waals surface area contributed by atoms with Gasteiger partial charge in [0.1, 0.15) is 0 Å². The van der Waals surface area contributed by atoms with Crippen LogP contribution in [0.3, 0.4) is 0 Å². The Bertz CT molecular complexity index is 579. The van der Waals surface area contributed by atoms with Crippen LogP contribution in [-0.4, -0.2) is 11.0 Å². The molecule has 2 aromatic rings. The molecule has 92 valence electrons. The van der Waals surface area contributed by atoms with Gasteiger partial charge in [0.25, 0.3) is 0 Å². The minimum atomic E-state index is 0.190. The molecule has 0 saturated heterocycles. The standard InChI is InChI=1S/C15H17N3/c16-8-11-4-3-7-14(11)17-9-12-10-18-15-6-2-1-5-13(12)15/h1-2,5-6,10-11,14,17-18H,3-4,7,9H2. The Kier molecular flexibility index (Phi) is 3.04. The van der Waals surface area contributed by atoms with E-state index in [1.165, 1.54) is 22.9 Å². The molecule has 2 N–H and O–H groups in total. The summed E-state index contributed by atoms with van der Waals surface area (Å²) in [5.74, 6) is 0.190. The summed E-state index contributed by atoms with van der Waals surface area (Å²) < 4.78 is 0. The molecule has 1 saturated carbocycles. The van der Waals surface area contributed by atoms with E-state index in [1.54, 1.807) is 0 Å². The minimum absolute atomic E-state index is 0.190. The summed E-state index contributed by atoms with van der Waals surface area (Å²) >= 11 is 0. The minimum Gasteiger partial charge on any atom is -0.361 e. The van der Waals surface area contributed by atoms with Crippen LogP contribution in [0.4, 0.5) is 0 Å². The SMILES string of the molecule is N#CC1CCCC1NCc1c[nH]c2ccccc12. The average Bonchev–Trinajstić information content (AvgIpc) is 3.02. The first kappa shape index (κ1) is 11.3. The fourth-order valence-corrected chi connectivity index (χ4v) is 2.88. The van der Waals surface area contributed by atoms with E-state index >= 15 is 0 Å². The lowest BCUT2D eigenvalue weighted by Gasteiger charge is -2.15. The number of benzene rings is 1. The van der Waals surface area contributed by atoms with Gasteiger partial charge in [-0.15, -0.1) is 0 Å². The maximum absolute atomic E-state index is 9.07. The lowest BCUT2D eigenvalue weighted by Crippen LogP contribution is -2.31. The number of rotatable bonds is 3. The largest absolute Gasteiger partial charge is 0.361 e. The van der Waals surface area contributed by atoms with E-state index in [1.807, 2.05) is 6.07 Å². The van der Waals surface area contributed by atoms with Crippen molar-refractivity contribution in [3.8, 4) is 6.07 Å². The van der Waals surface area contributed by atoms with Crippen molar-refractivity contribution in [3.05, 3.63) is 36.0 Å². The van der Waals surface area contributed by atoms with Crippen molar-refractivity contribution in [3.63, 3.8) is 0 Å². The van der Waals surface area contributed by atoms with Crippen molar-refractivity contribution >= 4 is 10.9 Å². The van der Waals surface area contributed by atoms with Crippen LogP contribution in [-0.2, 0) is 6.54 Å². The fraction of sp³-hybridized carbons (Fsp3) is 0.400. The fourth-order valence-electron chi connectivity index (χ4n) is 2.88. The van der Waals surface area contributed by atoms with Gasteiger partial charge in [-0.05, 0) is 24.5 Å². The number of nitriles is 1. The molecule has 1 fully saturated rings. The van der Waals surface area contributed by atoms with Crippen molar-refractivity contribution < 1.29 is 0 Å². The zero-order chi connectivity index (χ0) is 12.4. The average molecular weight is 239 g/mol. The van der Waals surface area contributed by atoms with Gasteiger partial charge < -0.3 is 10.3 Å². The second-order valence-corrected chi connectivity index (χ2v) is 5.01. The zero-order valence-corrected chi connectivity index (χ0v) is 10.3. The molecule has 0 bridgehead atoms. The monoisotopic (exact) mass is 239 g/mol. The highest BCUT2D eigenvalue weighted by atomic mass is 14.9. The molecular weight excluding hydrogens is 222 g/mol. The number of H-pyrrole nitrogens is 1. The van der Waals surface area contributed by atoms with E-state index in [9.17, 15) is 0 Å². The second kappa shape index (κ2) is 4.83. The first-order valence-corrected chi connectivity index (χ1v) is 6.56. The first-order chi connectivity index (χ1) is 8.88. The number of nitrogens with one attached hydrogen (secondary N) is 2. The molecule has 0 radical (unpaired) electrons. The molecule has 18 heavy (non-hydrogen) atoms. The Hall–Kier alpha value is -1.79. The number of nitrogens with zero attached hydrogens (tertiary/aromatic N) is 1. The Morgan fingerprint density at radius 1 is 1.33 bits per heavy atom. The molecule has 0 spiro atoms. The highest BCUT2D eigenvalue weighted by molar-refractivity contribution is 5.82. The normalized spacial score (nSPS) is 23.3. The smallest absolute Gasteiger partial charge is 0.0672 e. The lowest BCUT2D eigenvalue weighted by molar-refractivity contribution is 0.465. The summed E-state index contributed by atoms with van der Waals surface area (Å²) in [7, 11) is 0. The van der Waals surface area contributed by atoms with Gasteiger partial charge in [0.15, 0.2) is 0 Å². The molecule has 2 unspecified atom stereocenters. The topological polar surface area (TPSA) is 51.6 Å². The molecule has 0 aliphatic heterocycles. The lowest BCUT2D eigenvalue weighted by atomic mass is 10.1. The van der Waals surface area contributed by atoms with Crippen LogP contribution in [0, 0.1) is 17.2 Å². The molecule has 3 rings (SSSR count). The third kappa shape index (κ3) is 2.00. The van der Waals surface area contributed by atoms with E-state index in [0.717, 1.165) is 19.4 Å². The summed E-state index contributed by atoms with van der Waals surface area (Å²) in [6.45, 7) is 0.840. The molecule has 1 heterocycles. The molecule has 1 aromatic carbocycles. The molecule has 1 aliphatic rings. The van der Waals surface area contributed by atoms with Crippen LogP contribution >= 0.6 is 0 Å². The molecule has 2 atom stereocenters. The van der Waals surface area contributed by atoms with Crippen LogP contribution in [0.15, 0.2) is 30.5 Å². The van der Waals surface area contributed by atoms with Crippen LogP contribution in [0.5, 0.6) is 0 Å². The molecular formula is C15H17N3.